The lowest BCUT2D eigenvalue weighted by Gasteiger charge is -2.33. The molecule has 4 heteroatoms. The summed E-state index contributed by atoms with van der Waals surface area (Å²) in [4.78, 5) is 11.8. The lowest BCUT2D eigenvalue weighted by atomic mass is 9.98. The molecule has 4 nitrogen and oxygen atoms in total. The van der Waals surface area contributed by atoms with Gasteiger partial charge in [0.05, 0.1) is 0 Å². The predicted molar refractivity (Wildman–Crippen MR) is 79.7 cm³/mol. The first kappa shape index (κ1) is 14.3. The van der Waals surface area contributed by atoms with E-state index in [1.807, 2.05) is 7.05 Å². The number of nitrogens with one attached hydrogen (secondary N) is 1. The number of aryl methyl sites for hydroxylation is 2. The van der Waals surface area contributed by atoms with E-state index >= 15 is 0 Å². The van der Waals surface area contributed by atoms with Crippen LogP contribution >= 0.6 is 0 Å². The highest BCUT2D eigenvalue weighted by Crippen LogP contribution is 2.21. The topological polar surface area (TPSA) is 41.1 Å². The Kier molecular flexibility index (Phi) is 5.14. The molecule has 0 bridgehead atoms. The lowest BCUT2D eigenvalue weighted by Crippen LogP contribution is -2.40. The van der Waals surface area contributed by atoms with Crippen molar-refractivity contribution in [1.82, 2.24) is 15.3 Å². The summed E-state index contributed by atoms with van der Waals surface area (Å²) in [5.41, 5.74) is 2.33. The number of hydrogen-bond acceptors (Lipinski definition) is 4. The summed E-state index contributed by atoms with van der Waals surface area (Å²) in [6, 6.07) is 2.14. The van der Waals surface area contributed by atoms with Crippen molar-refractivity contribution in [3.05, 3.63) is 17.5 Å². The molecule has 2 rings (SSSR count). The number of anilines is 1. The molecule has 2 heterocycles. The molecule has 0 aromatic carbocycles. The van der Waals surface area contributed by atoms with E-state index < -0.39 is 0 Å². The van der Waals surface area contributed by atoms with E-state index in [1.165, 1.54) is 12.8 Å². The minimum Gasteiger partial charge on any atom is -0.340 e. The Balaban J connectivity index is 2.15. The van der Waals surface area contributed by atoms with Crippen LogP contribution in [0.5, 0.6) is 0 Å². The van der Waals surface area contributed by atoms with Gasteiger partial charge in [-0.2, -0.15) is 0 Å². The molecule has 1 fully saturated rings. The summed E-state index contributed by atoms with van der Waals surface area (Å²) >= 11 is 0. The SMILES string of the molecule is CCc1cc(CC)nc(N2CCCC(CNC)C2)n1. The van der Waals surface area contributed by atoms with Gasteiger partial charge in [0.15, 0.2) is 0 Å². The van der Waals surface area contributed by atoms with Crippen LogP contribution in [0.15, 0.2) is 6.07 Å². The molecule has 1 aliphatic rings. The summed E-state index contributed by atoms with van der Waals surface area (Å²) in [7, 11) is 2.03. The fourth-order valence-electron chi connectivity index (χ4n) is 2.74. The molecular formula is C15H26N4. The van der Waals surface area contributed by atoms with E-state index in [1.54, 1.807) is 0 Å². The van der Waals surface area contributed by atoms with Crippen LogP contribution in [0, 0.1) is 5.92 Å². The van der Waals surface area contributed by atoms with Gasteiger partial charge in [0.25, 0.3) is 0 Å². The molecule has 0 amide bonds. The molecule has 1 atom stereocenters. The van der Waals surface area contributed by atoms with E-state index in [4.69, 9.17) is 9.97 Å². The Morgan fingerprint density at radius 3 is 2.53 bits per heavy atom. The molecule has 106 valence electrons. The maximum atomic E-state index is 4.71. The number of hydrogen-bond donors (Lipinski definition) is 1. The second kappa shape index (κ2) is 6.85. The van der Waals surface area contributed by atoms with Gasteiger partial charge in [0.1, 0.15) is 0 Å². The predicted octanol–water partition coefficient (Wildman–Crippen LogP) is 2.04. The van der Waals surface area contributed by atoms with Crippen LogP contribution < -0.4 is 10.2 Å². The van der Waals surface area contributed by atoms with E-state index in [0.717, 1.165) is 55.7 Å². The van der Waals surface area contributed by atoms with Gasteiger partial charge >= 0.3 is 0 Å². The van der Waals surface area contributed by atoms with Gasteiger partial charge < -0.3 is 10.2 Å². The number of rotatable bonds is 5. The van der Waals surface area contributed by atoms with Crippen molar-refractivity contribution >= 4 is 5.95 Å². The summed E-state index contributed by atoms with van der Waals surface area (Å²) in [5.74, 6) is 1.66. The van der Waals surface area contributed by atoms with Crippen LogP contribution in [0.1, 0.15) is 38.1 Å². The molecule has 1 aliphatic heterocycles. The summed E-state index contributed by atoms with van der Waals surface area (Å²) in [5, 5.41) is 3.29. The lowest BCUT2D eigenvalue weighted by molar-refractivity contribution is 0.399. The molecule has 1 aromatic heterocycles. The molecule has 0 radical (unpaired) electrons. The fourth-order valence-corrected chi connectivity index (χ4v) is 2.74. The average molecular weight is 262 g/mol. The Morgan fingerprint density at radius 1 is 1.26 bits per heavy atom. The minimum absolute atomic E-state index is 0.720. The number of piperidine rings is 1. The zero-order chi connectivity index (χ0) is 13.7. The summed E-state index contributed by atoms with van der Waals surface area (Å²) < 4.78 is 0. The van der Waals surface area contributed by atoms with Crippen LogP contribution in [0.3, 0.4) is 0 Å². The van der Waals surface area contributed by atoms with Crippen LogP contribution in [0.25, 0.3) is 0 Å². The van der Waals surface area contributed by atoms with Crippen molar-refractivity contribution in [3.63, 3.8) is 0 Å². The quantitative estimate of drug-likeness (QED) is 0.881. The van der Waals surface area contributed by atoms with Crippen molar-refractivity contribution in [3.8, 4) is 0 Å². The van der Waals surface area contributed by atoms with Gasteiger partial charge in [-0.3, -0.25) is 0 Å². The number of nitrogens with zero attached hydrogens (tertiary/aromatic N) is 3. The normalized spacial score (nSPS) is 19.7. The van der Waals surface area contributed by atoms with E-state index in [9.17, 15) is 0 Å². The first-order valence-electron chi connectivity index (χ1n) is 7.53. The summed E-state index contributed by atoms with van der Waals surface area (Å²) in [6.07, 6.45) is 4.52. The Morgan fingerprint density at radius 2 is 1.95 bits per heavy atom. The van der Waals surface area contributed by atoms with Gasteiger partial charge in [-0.05, 0) is 51.3 Å². The van der Waals surface area contributed by atoms with E-state index in [0.29, 0.717) is 0 Å². The second-order valence-electron chi connectivity index (χ2n) is 5.37. The molecule has 19 heavy (non-hydrogen) atoms. The highest BCUT2D eigenvalue weighted by Gasteiger charge is 2.21. The van der Waals surface area contributed by atoms with Crippen LogP contribution in [0.4, 0.5) is 5.95 Å². The van der Waals surface area contributed by atoms with Crippen LogP contribution in [0.2, 0.25) is 0 Å². The average Bonchev–Trinajstić information content (AvgIpc) is 2.47. The largest absolute Gasteiger partial charge is 0.340 e. The van der Waals surface area contributed by atoms with Crippen LogP contribution in [-0.4, -0.2) is 36.6 Å². The minimum atomic E-state index is 0.720. The number of aromatic nitrogens is 2. The zero-order valence-electron chi connectivity index (χ0n) is 12.4. The maximum Gasteiger partial charge on any atom is 0.225 e. The first-order chi connectivity index (χ1) is 9.26. The molecular weight excluding hydrogens is 236 g/mol. The Bertz CT molecular complexity index is 381. The smallest absolute Gasteiger partial charge is 0.225 e. The van der Waals surface area contributed by atoms with Crippen molar-refractivity contribution < 1.29 is 0 Å². The molecule has 1 unspecified atom stereocenters. The van der Waals surface area contributed by atoms with Gasteiger partial charge in [0.2, 0.25) is 5.95 Å². The molecule has 0 aliphatic carbocycles. The summed E-state index contributed by atoms with van der Waals surface area (Å²) in [6.45, 7) is 7.58. The Labute approximate surface area is 116 Å². The maximum absolute atomic E-state index is 4.71. The Hall–Kier alpha value is -1.16. The van der Waals surface area contributed by atoms with Gasteiger partial charge in [-0.25, -0.2) is 9.97 Å². The van der Waals surface area contributed by atoms with Crippen molar-refractivity contribution in [2.45, 2.75) is 39.5 Å². The monoisotopic (exact) mass is 262 g/mol. The molecule has 0 saturated carbocycles. The van der Waals surface area contributed by atoms with Crippen molar-refractivity contribution in [2.75, 3.05) is 31.6 Å². The van der Waals surface area contributed by atoms with Crippen molar-refractivity contribution in [2.24, 2.45) is 5.92 Å². The highest BCUT2D eigenvalue weighted by molar-refractivity contribution is 5.33. The second-order valence-corrected chi connectivity index (χ2v) is 5.37. The van der Waals surface area contributed by atoms with Crippen LogP contribution in [-0.2, 0) is 12.8 Å². The standard InChI is InChI=1S/C15H26N4/c1-4-13-9-14(5-2)18-15(17-13)19-8-6-7-12(11-19)10-16-3/h9,12,16H,4-8,10-11H2,1-3H3. The third-order valence-corrected chi connectivity index (χ3v) is 3.84. The highest BCUT2D eigenvalue weighted by atomic mass is 15.3. The van der Waals surface area contributed by atoms with Gasteiger partial charge in [-0.1, -0.05) is 13.8 Å². The molecule has 1 N–H and O–H groups in total. The first-order valence-corrected chi connectivity index (χ1v) is 7.53. The molecule has 0 spiro atoms. The molecule has 1 saturated heterocycles. The fraction of sp³-hybridized carbons (Fsp3) is 0.733. The zero-order valence-corrected chi connectivity index (χ0v) is 12.4. The van der Waals surface area contributed by atoms with E-state index in [-0.39, 0.29) is 0 Å². The van der Waals surface area contributed by atoms with Gasteiger partial charge in [0, 0.05) is 24.5 Å². The third-order valence-electron chi connectivity index (χ3n) is 3.84. The van der Waals surface area contributed by atoms with Gasteiger partial charge in [-0.15, -0.1) is 0 Å². The third kappa shape index (κ3) is 3.66. The van der Waals surface area contributed by atoms with Crippen molar-refractivity contribution in [1.29, 1.82) is 0 Å². The van der Waals surface area contributed by atoms with E-state index in [2.05, 4.69) is 30.1 Å². The molecule has 1 aromatic rings.